The van der Waals surface area contributed by atoms with Crippen LogP contribution in [0.5, 0.6) is 5.75 Å². The number of benzene rings is 2. The number of aryl methyl sites for hydroxylation is 2. The van der Waals surface area contributed by atoms with Crippen LogP contribution in [0.4, 0.5) is 5.00 Å². The van der Waals surface area contributed by atoms with E-state index in [1.54, 1.807) is 0 Å². The number of aromatic nitrogens is 3. The number of rotatable bonds is 10. The molecule has 0 radical (unpaired) electrons. The zero-order chi connectivity index (χ0) is 26.5. The first kappa shape index (κ1) is 26.0. The quantitative estimate of drug-likeness (QED) is 0.271. The highest BCUT2D eigenvalue weighted by Gasteiger charge is 2.25. The summed E-state index contributed by atoms with van der Waals surface area (Å²) in [7, 11) is 0. The van der Waals surface area contributed by atoms with Gasteiger partial charge in [0, 0.05) is 4.88 Å². The molecule has 0 atom stereocenters. The van der Waals surface area contributed by atoms with Crippen molar-refractivity contribution in [3.8, 4) is 5.75 Å². The molecule has 0 spiro atoms. The number of hydrogen-bond donors (Lipinski definition) is 2. The fourth-order valence-electron chi connectivity index (χ4n) is 4.45. The predicted molar refractivity (Wildman–Crippen MR) is 150 cm³/mol. The van der Waals surface area contributed by atoms with Crippen LogP contribution in [0.1, 0.15) is 50.6 Å². The third kappa shape index (κ3) is 6.08. The Morgan fingerprint density at radius 2 is 1.84 bits per heavy atom. The van der Waals surface area contributed by atoms with Gasteiger partial charge in [-0.3, -0.25) is 14.2 Å². The van der Waals surface area contributed by atoms with E-state index in [1.165, 1.54) is 23.1 Å². The first-order valence-electron chi connectivity index (χ1n) is 12.5. The van der Waals surface area contributed by atoms with Gasteiger partial charge in [0.25, 0.3) is 5.91 Å². The van der Waals surface area contributed by atoms with Crippen LogP contribution in [0.25, 0.3) is 0 Å². The van der Waals surface area contributed by atoms with Gasteiger partial charge in [0.05, 0.1) is 17.9 Å². The fraction of sp³-hybridized carbons (Fsp3) is 0.286. The Bertz CT molecular complexity index is 1430. The molecule has 0 bridgehead atoms. The summed E-state index contributed by atoms with van der Waals surface area (Å²) in [5.74, 6) is 0.824. The molecule has 0 fully saturated rings. The minimum absolute atomic E-state index is 0.118. The number of amides is 2. The molecule has 2 heterocycles. The molecule has 4 aromatic rings. The van der Waals surface area contributed by atoms with E-state index >= 15 is 0 Å². The van der Waals surface area contributed by atoms with Crippen LogP contribution in [0.15, 0.2) is 59.8 Å². The third-order valence-electron chi connectivity index (χ3n) is 6.37. The normalized spacial score (nSPS) is 12.7. The number of hydrogen-bond acceptors (Lipinski definition) is 7. The summed E-state index contributed by atoms with van der Waals surface area (Å²) < 4.78 is 7.94. The highest BCUT2D eigenvalue weighted by molar-refractivity contribution is 7.99. The second kappa shape index (κ2) is 11.8. The van der Waals surface area contributed by atoms with Gasteiger partial charge in [0.2, 0.25) is 5.91 Å². The van der Waals surface area contributed by atoms with Crippen LogP contribution in [0, 0.1) is 6.92 Å². The Morgan fingerprint density at radius 3 is 2.61 bits per heavy atom. The molecule has 0 aliphatic heterocycles. The van der Waals surface area contributed by atoms with Crippen LogP contribution in [-0.4, -0.2) is 32.3 Å². The van der Waals surface area contributed by atoms with Gasteiger partial charge >= 0.3 is 0 Å². The van der Waals surface area contributed by atoms with E-state index in [1.807, 2.05) is 66.1 Å². The lowest BCUT2D eigenvalue weighted by atomic mass is 9.95. The van der Waals surface area contributed by atoms with Crippen molar-refractivity contribution in [1.29, 1.82) is 0 Å². The van der Waals surface area contributed by atoms with Gasteiger partial charge in [-0.15, -0.1) is 21.5 Å². The second-order valence-corrected chi connectivity index (χ2v) is 11.2. The highest BCUT2D eigenvalue weighted by atomic mass is 32.2. The first-order valence-corrected chi connectivity index (χ1v) is 14.3. The van der Waals surface area contributed by atoms with Gasteiger partial charge in [-0.25, -0.2) is 0 Å². The minimum atomic E-state index is -0.492. The summed E-state index contributed by atoms with van der Waals surface area (Å²) >= 11 is 2.76. The topological polar surface area (TPSA) is 112 Å². The zero-order valence-corrected chi connectivity index (χ0v) is 22.7. The second-order valence-electron chi connectivity index (χ2n) is 9.19. The van der Waals surface area contributed by atoms with Crippen molar-refractivity contribution in [3.05, 3.63) is 87.6 Å². The Hall–Kier alpha value is -3.63. The van der Waals surface area contributed by atoms with Gasteiger partial charge in [-0.05, 0) is 55.9 Å². The Labute approximate surface area is 229 Å². The van der Waals surface area contributed by atoms with E-state index in [4.69, 9.17) is 10.5 Å². The molecule has 0 saturated heterocycles. The van der Waals surface area contributed by atoms with Crippen molar-refractivity contribution >= 4 is 39.9 Å². The molecule has 1 aliphatic carbocycles. The molecule has 10 heteroatoms. The van der Waals surface area contributed by atoms with E-state index in [2.05, 4.69) is 15.5 Å². The molecule has 196 valence electrons. The minimum Gasteiger partial charge on any atom is -0.486 e. The summed E-state index contributed by atoms with van der Waals surface area (Å²) in [6, 6.07) is 17.9. The first-order chi connectivity index (χ1) is 18.5. The fourth-order valence-corrected chi connectivity index (χ4v) is 6.51. The molecule has 0 saturated carbocycles. The third-order valence-corrected chi connectivity index (χ3v) is 8.54. The van der Waals surface area contributed by atoms with E-state index in [0.29, 0.717) is 28.1 Å². The van der Waals surface area contributed by atoms with Crippen LogP contribution >= 0.6 is 23.1 Å². The lowest BCUT2D eigenvalue weighted by molar-refractivity contribution is -0.113. The summed E-state index contributed by atoms with van der Waals surface area (Å²) in [5.41, 5.74) is 9.38. The van der Waals surface area contributed by atoms with Crippen LogP contribution in [-0.2, 0) is 30.8 Å². The number of carbonyl (C=O) groups is 2. The Morgan fingerprint density at radius 1 is 1.08 bits per heavy atom. The van der Waals surface area contributed by atoms with Crippen LogP contribution in [0.3, 0.4) is 0 Å². The van der Waals surface area contributed by atoms with Crippen molar-refractivity contribution in [2.75, 3.05) is 11.1 Å². The van der Waals surface area contributed by atoms with Crippen LogP contribution in [0.2, 0.25) is 0 Å². The summed E-state index contributed by atoms with van der Waals surface area (Å²) in [5, 5.41) is 12.8. The van der Waals surface area contributed by atoms with Gasteiger partial charge in [-0.1, -0.05) is 59.8 Å². The van der Waals surface area contributed by atoms with Crippen molar-refractivity contribution in [1.82, 2.24) is 14.8 Å². The number of nitrogens with zero attached hydrogens (tertiary/aromatic N) is 3. The average Bonchev–Trinajstić information content (AvgIpc) is 3.48. The molecule has 38 heavy (non-hydrogen) atoms. The average molecular weight is 548 g/mol. The number of nitrogens with two attached hydrogens (primary N) is 1. The van der Waals surface area contributed by atoms with Gasteiger partial charge in [0.15, 0.2) is 11.0 Å². The molecule has 2 amide bonds. The van der Waals surface area contributed by atoms with Crippen molar-refractivity contribution in [2.24, 2.45) is 5.73 Å². The monoisotopic (exact) mass is 547 g/mol. The van der Waals surface area contributed by atoms with Gasteiger partial charge < -0.3 is 15.8 Å². The van der Waals surface area contributed by atoms with E-state index in [9.17, 15) is 9.59 Å². The maximum atomic E-state index is 12.9. The number of ether oxygens (including phenoxy) is 1. The van der Waals surface area contributed by atoms with Crippen molar-refractivity contribution < 1.29 is 14.3 Å². The van der Waals surface area contributed by atoms with Crippen molar-refractivity contribution in [2.45, 2.75) is 50.9 Å². The summed E-state index contributed by atoms with van der Waals surface area (Å²) in [6.45, 7) is 2.83. The number of nitrogens with one attached hydrogen (secondary N) is 1. The van der Waals surface area contributed by atoms with Gasteiger partial charge in [0.1, 0.15) is 17.4 Å². The van der Waals surface area contributed by atoms with E-state index < -0.39 is 5.91 Å². The lowest BCUT2D eigenvalue weighted by Crippen LogP contribution is -2.19. The molecule has 8 nitrogen and oxygen atoms in total. The number of thioether (sulfide) groups is 1. The maximum Gasteiger partial charge on any atom is 0.251 e. The molecule has 0 unspecified atom stereocenters. The van der Waals surface area contributed by atoms with Crippen LogP contribution < -0.4 is 15.8 Å². The van der Waals surface area contributed by atoms with Gasteiger partial charge in [-0.2, -0.15) is 0 Å². The molecule has 5 rings (SSSR count). The van der Waals surface area contributed by atoms with E-state index in [0.717, 1.165) is 53.0 Å². The smallest absolute Gasteiger partial charge is 0.251 e. The maximum absolute atomic E-state index is 12.9. The molecular formula is C28H29N5O3S2. The molecular weight excluding hydrogens is 518 g/mol. The highest BCUT2D eigenvalue weighted by Crippen LogP contribution is 2.38. The number of fused-ring (bicyclic) bond motifs is 1. The zero-order valence-electron chi connectivity index (χ0n) is 21.1. The SMILES string of the molecule is Cc1ccc(OCc2nnc(SCC(=O)Nc3sc4c(c3C(N)=O)CCCC4)n2Cc2ccccc2)cc1. The Balaban J connectivity index is 1.30. The number of thiophene rings is 1. The Kier molecular flexibility index (Phi) is 8.09. The number of primary amides is 1. The lowest BCUT2D eigenvalue weighted by Gasteiger charge is -2.12. The standard InChI is InChI=1S/C28H29N5O3S2/c1-18-11-13-20(14-12-18)36-16-23-31-32-28(33(23)15-19-7-3-2-4-8-19)37-17-24(34)30-27-25(26(29)35)21-9-5-6-10-22(21)38-27/h2-4,7-8,11-14H,5-6,9-10,15-17H2,1H3,(H2,29,35)(H,30,34). The van der Waals surface area contributed by atoms with E-state index in [-0.39, 0.29) is 18.3 Å². The largest absolute Gasteiger partial charge is 0.486 e. The molecule has 3 N–H and O–H groups in total. The number of anilines is 1. The molecule has 2 aromatic carbocycles. The molecule has 1 aliphatic rings. The molecule has 2 aromatic heterocycles. The van der Waals surface area contributed by atoms with Crippen molar-refractivity contribution in [3.63, 3.8) is 0 Å². The predicted octanol–water partition coefficient (Wildman–Crippen LogP) is 4.98. The number of carbonyl (C=O) groups excluding carboxylic acids is 2. The summed E-state index contributed by atoms with van der Waals surface area (Å²) in [6.07, 6.45) is 3.86. The summed E-state index contributed by atoms with van der Waals surface area (Å²) in [4.78, 5) is 26.2.